The highest BCUT2D eigenvalue weighted by molar-refractivity contribution is 7.90. The van der Waals surface area contributed by atoms with Crippen LogP contribution in [-0.2, 0) is 35.3 Å². The van der Waals surface area contributed by atoms with Crippen LogP contribution in [-0.4, -0.2) is 45.9 Å². The van der Waals surface area contributed by atoms with Crippen LogP contribution >= 0.6 is 11.6 Å². The number of fused-ring (bicyclic) bond motifs is 1. The molecule has 7 nitrogen and oxygen atoms in total. The maximum Gasteiger partial charge on any atom is 0.320 e. The summed E-state index contributed by atoms with van der Waals surface area (Å²) in [7, 11) is -1.33. The quantitative estimate of drug-likeness (QED) is 0.460. The van der Waals surface area contributed by atoms with Crippen LogP contribution in [0.25, 0.3) is 0 Å². The van der Waals surface area contributed by atoms with Crippen molar-refractivity contribution in [1.82, 2.24) is 0 Å². The van der Waals surface area contributed by atoms with E-state index in [1.807, 2.05) is 0 Å². The molecule has 0 amide bonds. The summed E-state index contributed by atoms with van der Waals surface area (Å²) >= 11 is 6.35. The first kappa shape index (κ1) is 25.1. The Bertz CT molecular complexity index is 1180. The molecule has 0 aromatic heterocycles. The van der Waals surface area contributed by atoms with Gasteiger partial charge in [-0.25, -0.2) is 12.8 Å². The van der Waals surface area contributed by atoms with E-state index in [1.165, 1.54) is 18.2 Å². The highest BCUT2D eigenvalue weighted by Gasteiger charge is 2.37. The summed E-state index contributed by atoms with van der Waals surface area (Å²) in [6.45, 7) is 0. The summed E-state index contributed by atoms with van der Waals surface area (Å²) in [5, 5.41) is 10.6. The van der Waals surface area contributed by atoms with Crippen molar-refractivity contribution < 1.29 is 37.0 Å². The van der Waals surface area contributed by atoms with E-state index in [2.05, 4.69) is 0 Å². The monoisotopic (exact) mass is 498 g/mol. The molecule has 2 aromatic rings. The molecule has 0 radical (unpaired) electrons. The molecule has 0 bridgehead atoms. The Morgan fingerprint density at radius 3 is 2.30 bits per heavy atom. The van der Waals surface area contributed by atoms with Crippen LogP contribution < -0.4 is 0 Å². The third-order valence-electron chi connectivity index (χ3n) is 5.91. The van der Waals surface area contributed by atoms with Crippen molar-refractivity contribution in [2.45, 2.75) is 36.2 Å². The molecule has 0 saturated heterocycles. The molecule has 0 aliphatic heterocycles. The van der Waals surface area contributed by atoms with Crippen molar-refractivity contribution >= 4 is 33.4 Å². The number of benzene rings is 2. The van der Waals surface area contributed by atoms with Crippen LogP contribution in [0.2, 0.25) is 5.02 Å². The Kier molecular flexibility index (Phi) is 7.45. The van der Waals surface area contributed by atoms with Gasteiger partial charge in [0.1, 0.15) is 5.82 Å². The van der Waals surface area contributed by atoms with E-state index in [0.717, 1.165) is 26.5 Å². The van der Waals surface area contributed by atoms with E-state index in [9.17, 15) is 27.5 Å². The van der Waals surface area contributed by atoms with Crippen molar-refractivity contribution in [3.8, 4) is 0 Å². The SMILES string of the molecule is COC(=O)C(C[C@@H](c1ccc(F)cc1Cl)c1ccc(S(C)(=O)=O)c2c1CCC2O)C(=O)OC. The number of hydrogen-bond acceptors (Lipinski definition) is 7. The number of ether oxygens (including phenoxy) is 2. The van der Waals surface area contributed by atoms with Gasteiger partial charge in [0, 0.05) is 22.8 Å². The van der Waals surface area contributed by atoms with Gasteiger partial charge in [0.05, 0.1) is 25.2 Å². The van der Waals surface area contributed by atoms with Gasteiger partial charge in [-0.3, -0.25) is 9.59 Å². The lowest BCUT2D eigenvalue weighted by Gasteiger charge is -2.25. The molecular formula is C23H24ClFO7S. The topological polar surface area (TPSA) is 107 Å². The van der Waals surface area contributed by atoms with Gasteiger partial charge in [-0.15, -0.1) is 0 Å². The number of sulfone groups is 1. The summed E-state index contributed by atoms with van der Waals surface area (Å²) in [6.07, 6.45) is 0.658. The Balaban J connectivity index is 2.25. The van der Waals surface area contributed by atoms with Crippen molar-refractivity contribution in [2.24, 2.45) is 5.92 Å². The molecule has 2 atom stereocenters. The lowest BCUT2D eigenvalue weighted by atomic mass is 9.80. The van der Waals surface area contributed by atoms with Crippen LogP contribution in [0.15, 0.2) is 35.2 Å². The largest absolute Gasteiger partial charge is 0.468 e. The van der Waals surface area contributed by atoms with Gasteiger partial charge in [-0.05, 0) is 54.2 Å². The van der Waals surface area contributed by atoms with E-state index in [0.29, 0.717) is 35.1 Å². The highest BCUT2D eigenvalue weighted by Crippen LogP contribution is 2.44. The average molecular weight is 499 g/mol. The Labute approximate surface area is 196 Å². The molecule has 0 fully saturated rings. The van der Waals surface area contributed by atoms with Crippen molar-refractivity contribution in [1.29, 1.82) is 0 Å². The van der Waals surface area contributed by atoms with Crippen molar-refractivity contribution in [2.75, 3.05) is 20.5 Å². The first-order valence-corrected chi connectivity index (χ1v) is 12.4. The maximum atomic E-state index is 13.8. The van der Waals surface area contributed by atoms with Crippen LogP contribution in [0.1, 0.15) is 47.1 Å². The second kappa shape index (κ2) is 9.79. The number of halogens is 2. The summed E-state index contributed by atoms with van der Waals surface area (Å²) in [5.41, 5.74) is 1.92. The molecular weight excluding hydrogens is 475 g/mol. The summed E-state index contributed by atoms with van der Waals surface area (Å²) < 4.78 is 48.0. The molecule has 2 aromatic carbocycles. The first-order chi connectivity index (χ1) is 15.5. The fraction of sp³-hybridized carbons (Fsp3) is 0.391. The molecule has 0 heterocycles. The van der Waals surface area contributed by atoms with Crippen LogP contribution in [0, 0.1) is 11.7 Å². The zero-order valence-electron chi connectivity index (χ0n) is 18.3. The molecule has 1 aliphatic rings. The lowest BCUT2D eigenvalue weighted by molar-refractivity contribution is -0.159. The third-order valence-corrected chi connectivity index (χ3v) is 7.39. The number of aliphatic hydroxyl groups is 1. The van der Waals surface area contributed by atoms with Crippen LogP contribution in [0.3, 0.4) is 0 Å². The molecule has 1 N–H and O–H groups in total. The van der Waals surface area contributed by atoms with Gasteiger partial charge in [-0.2, -0.15) is 0 Å². The fourth-order valence-electron chi connectivity index (χ4n) is 4.39. The molecule has 33 heavy (non-hydrogen) atoms. The number of rotatable bonds is 7. The molecule has 1 aliphatic carbocycles. The van der Waals surface area contributed by atoms with Crippen molar-refractivity contribution in [3.63, 3.8) is 0 Å². The predicted octanol–water partition coefficient (Wildman–Crippen LogP) is 3.35. The van der Waals surface area contributed by atoms with Crippen molar-refractivity contribution in [3.05, 3.63) is 63.4 Å². The van der Waals surface area contributed by atoms with Gasteiger partial charge >= 0.3 is 11.9 Å². The number of methoxy groups -OCH3 is 2. The molecule has 0 saturated carbocycles. The van der Waals surface area contributed by atoms with Gasteiger partial charge in [-0.1, -0.05) is 23.7 Å². The summed E-state index contributed by atoms with van der Waals surface area (Å²) in [5.74, 6) is -4.20. The maximum absolute atomic E-state index is 13.8. The Hall–Kier alpha value is -2.49. The number of carbonyl (C=O) groups is 2. The molecule has 1 unspecified atom stereocenters. The molecule has 3 rings (SSSR count). The Morgan fingerprint density at radius 1 is 1.15 bits per heavy atom. The van der Waals surface area contributed by atoms with Gasteiger partial charge in [0.25, 0.3) is 0 Å². The summed E-state index contributed by atoms with van der Waals surface area (Å²) in [6, 6.07) is 6.77. The lowest BCUT2D eigenvalue weighted by Crippen LogP contribution is -2.29. The second-order valence-corrected chi connectivity index (χ2v) is 10.3. The van der Waals surface area contributed by atoms with E-state index in [4.69, 9.17) is 21.1 Å². The van der Waals surface area contributed by atoms with E-state index >= 15 is 0 Å². The highest BCUT2D eigenvalue weighted by atomic mass is 35.5. The smallest absolute Gasteiger partial charge is 0.320 e. The number of carbonyl (C=O) groups excluding carboxylic acids is 2. The number of esters is 2. The minimum Gasteiger partial charge on any atom is -0.468 e. The van der Waals surface area contributed by atoms with Gasteiger partial charge < -0.3 is 14.6 Å². The minimum absolute atomic E-state index is 0.0210. The first-order valence-electron chi connectivity index (χ1n) is 10.1. The molecule has 10 heteroatoms. The third kappa shape index (κ3) is 5.05. The zero-order chi connectivity index (χ0) is 24.5. The van der Waals surface area contributed by atoms with E-state index in [-0.39, 0.29) is 16.3 Å². The normalized spacial score (nSPS) is 16.4. The minimum atomic E-state index is -3.62. The zero-order valence-corrected chi connectivity index (χ0v) is 19.9. The molecule has 0 spiro atoms. The number of aliphatic hydroxyl groups excluding tert-OH is 1. The summed E-state index contributed by atoms with van der Waals surface area (Å²) in [4.78, 5) is 24.8. The van der Waals surface area contributed by atoms with Crippen LogP contribution in [0.4, 0.5) is 4.39 Å². The fourth-order valence-corrected chi connectivity index (χ4v) is 5.67. The van der Waals surface area contributed by atoms with Gasteiger partial charge in [0.15, 0.2) is 15.8 Å². The standard InChI is InChI=1S/C23H24ClFO7S/c1-31-22(27)17(23(28)32-2)11-16(14-5-4-12(25)10-18(14)24)13-7-9-20(33(3,29)30)21-15(13)6-8-19(21)26/h4-5,7,9-10,16-17,19,26H,6,8,11H2,1-3H3/t16-,19?/m1/s1. The van der Waals surface area contributed by atoms with E-state index < -0.39 is 45.5 Å². The number of hydrogen-bond donors (Lipinski definition) is 1. The second-order valence-electron chi connectivity index (χ2n) is 7.92. The van der Waals surface area contributed by atoms with E-state index in [1.54, 1.807) is 6.07 Å². The molecule has 178 valence electrons. The average Bonchev–Trinajstić information content (AvgIpc) is 3.15. The van der Waals surface area contributed by atoms with Gasteiger partial charge in [0.2, 0.25) is 0 Å². The predicted molar refractivity (Wildman–Crippen MR) is 118 cm³/mol. The van der Waals surface area contributed by atoms with Crippen LogP contribution in [0.5, 0.6) is 0 Å². The Morgan fingerprint density at radius 2 is 1.76 bits per heavy atom.